The van der Waals surface area contributed by atoms with Crippen LogP contribution in [0.5, 0.6) is 0 Å². The lowest BCUT2D eigenvalue weighted by Crippen LogP contribution is -2.47. The second kappa shape index (κ2) is 7.98. The van der Waals surface area contributed by atoms with Gasteiger partial charge in [-0.25, -0.2) is 4.79 Å². The number of ether oxygens (including phenoxy) is 1. The molecule has 3 aromatic rings. The molecule has 3 aromatic carbocycles. The molecule has 1 N–H and O–H groups in total. The maximum Gasteiger partial charge on any atom is 0.336 e. The fraction of sp³-hybridized carbons (Fsp3) is 0.174. The van der Waals surface area contributed by atoms with Gasteiger partial charge in [0.05, 0.1) is 12.0 Å². The van der Waals surface area contributed by atoms with E-state index in [9.17, 15) is 9.90 Å². The van der Waals surface area contributed by atoms with E-state index in [1.54, 1.807) is 6.92 Å². The van der Waals surface area contributed by atoms with Crippen molar-refractivity contribution in [3.8, 4) is 0 Å². The molecule has 0 fully saturated rings. The molecule has 1 unspecified atom stereocenters. The van der Waals surface area contributed by atoms with Gasteiger partial charge in [0.25, 0.3) is 0 Å². The van der Waals surface area contributed by atoms with Gasteiger partial charge in [-0.15, -0.1) is 0 Å². The SMILES string of the molecule is CCOC(=O)C(O)C(c1ccccc1)(c1ccccc1)c1ccccc1. The molecular formula is C23H22O3. The Morgan fingerprint density at radius 2 is 1.15 bits per heavy atom. The Morgan fingerprint density at radius 3 is 1.46 bits per heavy atom. The quantitative estimate of drug-likeness (QED) is 0.543. The molecule has 0 aliphatic heterocycles. The van der Waals surface area contributed by atoms with Crippen molar-refractivity contribution in [3.05, 3.63) is 108 Å². The van der Waals surface area contributed by atoms with Gasteiger partial charge in [0, 0.05) is 0 Å². The number of benzene rings is 3. The molecule has 0 aliphatic carbocycles. The molecule has 3 rings (SSSR count). The normalized spacial score (nSPS) is 12.4. The van der Waals surface area contributed by atoms with Crippen molar-refractivity contribution in [3.63, 3.8) is 0 Å². The number of aliphatic hydroxyl groups excluding tert-OH is 1. The van der Waals surface area contributed by atoms with Crippen molar-refractivity contribution in [2.24, 2.45) is 0 Å². The minimum Gasteiger partial charge on any atom is -0.464 e. The van der Waals surface area contributed by atoms with Gasteiger partial charge in [-0.2, -0.15) is 0 Å². The zero-order valence-electron chi connectivity index (χ0n) is 14.7. The molecule has 0 radical (unpaired) electrons. The van der Waals surface area contributed by atoms with Gasteiger partial charge in [-0.3, -0.25) is 0 Å². The maximum atomic E-state index is 12.6. The van der Waals surface area contributed by atoms with E-state index in [-0.39, 0.29) is 6.61 Å². The third-order valence-electron chi connectivity index (χ3n) is 4.61. The average molecular weight is 346 g/mol. The molecule has 0 heterocycles. The third kappa shape index (κ3) is 3.14. The van der Waals surface area contributed by atoms with E-state index >= 15 is 0 Å². The Balaban J connectivity index is 2.33. The van der Waals surface area contributed by atoms with Crippen LogP contribution in [0.2, 0.25) is 0 Å². The molecule has 0 saturated heterocycles. The van der Waals surface area contributed by atoms with Crippen molar-refractivity contribution >= 4 is 5.97 Å². The number of hydrogen-bond acceptors (Lipinski definition) is 3. The van der Waals surface area contributed by atoms with Gasteiger partial charge in [0.15, 0.2) is 6.10 Å². The molecular weight excluding hydrogens is 324 g/mol. The van der Waals surface area contributed by atoms with Crippen LogP contribution in [0.1, 0.15) is 23.6 Å². The van der Waals surface area contributed by atoms with Crippen molar-refractivity contribution in [1.29, 1.82) is 0 Å². The summed E-state index contributed by atoms with van der Waals surface area (Å²) in [6.07, 6.45) is -1.38. The summed E-state index contributed by atoms with van der Waals surface area (Å²) in [5, 5.41) is 11.2. The van der Waals surface area contributed by atoms with Crippen LogP contribution in [-0.2, 0) is 14.9 Å². The summed E-state index contributed by atoms with van der Waals surface area (Å²) >= 11 is 0. The average Bonchev–Trinajstić information content (AvgIpc) is 2.71. The zero-order valence-corrected chi connectivity index (χ0v) is 14.7. The van der Waals surface area contributed by atoms with E-state index in [1.807, 2.05) is 91.0 Å². The number of rotatable bonds is 6. The minimum absolute atomic E-state index is 0.213. The highest BCUT2D eigenvalue weighted by Gasteiger charge is 2.47. The first-order valence-electron chi connectivity index (χ1n) is 8.72. The van der Waals surface area contributed by atoms with Gasteiger partial charge in [0.1, 0.15) is 0 Å². The van der Waals surface area contributed by atoms with Crippen molar-refractivity contribution in [1.82, 2.24) is 0 Å². The molecule has 26 heavy (non-hydrogen) atoms. The first kappa shape index (κ1) is 17.9. The summed E-state index contributed by atoms with van der Waals surface area (Å²) in [5.74, 6) is -0.635. The Kier molecular flexibility index (Phi) is 5.49. The van der Waals surface area contributed by atoms with Crippen molar-refractivity contribution in [2.45, 2.75) is 18.4 Å². The second-order valence-corrected chi connectivity index (χ2v) is 6.06. The predicted octanol–water partition coefficient (Wildman–Crippen LogP) is 3.95. The summed E-state index contributed by atoms with van der Waals surface area (Å²) in [6.45, 7) is 1.95. The van der Waals surface area contributed by atoms with E-state index in [2.05, 4.69) is 0 Å². The Labute approximate surface area is 153 Å². The van der Waals surface area contributed by atoms with E-state index in [0.29, 0.717) is 0 Å². The molecule has 0 bridgehead atoms. The largest absolute Gasteiger partial charge is 0.464 e. The monoisotopic (exact) mass is 346 g/mol. The first-order valence-corrected chi connectivity index (χ1v) is 8.72. The van der Waals surface area contributed by atoms with E-state index in [0.717, 1.165) is 16.7 Å². The Morgan fingerprint density at radius 1 is 0.808 bits per heavy atom. The van der Waals surface area contributed by atoms with Crippen molar-refractivity contribution < 1.29 is 14.6 Å². The number of esters is 1. The van der Waals surface area contributed by atoms with Crippen LogP contribution < -0.4 is 0 Å². The van der Waals surface area contributed by atoms with Crippen LogP contribution in [0, 0.1) is 0 Å². The Hall–Kier alpha value is -2.91. The highest BCUT2D eigenvalue weighted by Crippen LogP contribution is 2.42. The van der Waals surface area contributed by atoms with Crippen LogP contribution >= 0.6 is 0 Å². The predicted molar refractivity (Wildman–Crippen MR) is 102 cm³/mol. The number of aliphatic hydroxyl groups is 1. The van der Waals surface area contributed by atoms with Gasteiger partial charge in [0.2, 0.25) is 0 Å². The highest BCUT2D eigenvalue weighted by atomic mass is 16.5. The lowest BCUT2D eigenvalue weighted by atomic mass is 9.65. The molecule has 0 aliphatic rings. The summed E-state index contributed by atoms with van der Waals surface area (Å²) in [5.41, 5.74) is 1.43. The Bertz CT molecular complexity index is 732. The number of hydrogen-bond donors (Lipinski definition) is 1. The van der Waals surface area contributed by atoms with Crippen LogP contribution in [-0.4, -0.2) is 23.8 Å². The van der Waals surface area contributed by atoms with Crippen LogP contribution in [0.3, 0.4) is 0 Å². The van der Waals surface area contributed by atoms with E-state index in [4.69, 9.17) is 4.74 Å². The number of carbonyl (C=O) groups is 1. The summed E-state index contributed by atoms with van der Waals surface area (Å²) < 4.78 is 5.19. The van der Waals surface area contributed by atoms with Gasteiger partial charge >= 0.3 is 5.97 Å². The summed E-state index contributed by atoms with van der Waals surface area (Å²) in [7, 11) is 0. The molecule has 3 heteroatoms. The highest BCUT2D eigenvalue weighted by molar-refractivity contribution is 5.80. The van der Waals surface area contributed by atoms with Crippen LogP contribution in [0.25, 0.3) is 0 Å². The third-order valence-corrected chi connectivity index (χ3v) is 4.61. The van der Waals surface area contributed by atoms with Gasteiger partial charge < -0.3 is 9.84 Å². The molecule has 3 nitrogen and oxygen atoms in total. The zero-order chi connectivity index (χ0) is 18.4. The maximum absolute atomic E-state index is 12.6. The molecule has 0 aromatic heterocycles. The summed E-state index contributed by atoms with van der Waals surface area (Å²) in [4.78, 5) is 12.6. The molecule has 132 valence electrons. The molecule has 1 atom stereocenters. The second-order valence-electron chi connectivity index (χ2n) is 6.06. The molecule has 0 amide bonds. The van der Waals surface area contributed by atoms with Gasteiger partial charge in [-0.1, -0.05) is 91.0 Å². The fourth-order valence-corrected chi connectivity index (χ4v) is 3.47. The van der Waals surface area contributed by atoms with Crippen LogP contribution in [0.15, 0.2) is 91.0 Å². The molecule has 0 saturated carbocycles. The van der Waals surface area contributed by atoms with E-state index < -0.39 is 17.5 Å². The topological polar surface area (TPSA) is 46.5 Å². The summed E-state index contributed by atoms with van der Waals surface area (Å²) in [6, 6.07) is 28.8. The lowest BCUT2D eigenvalue weighted by Gasteiger charge is -2.38. The molecule has 0 spiro atoms. The van der Waals surface area contributed by atoms with E-state index in [1.165, 1.54) is 0 Å². The van der Waals surface area contributed by atoms with Crippen LogP contribution in [0.4, 0.5) is 0 Å². The lowest BCUT2D eigenvalue weighted by molar-refractivity contribution is -0.155. The van der Waals surface area contributed by atoms with Gasteiger partial charge in [-0.05, 0) is 23.6 Å². The number of carbonyl (C=O) groups excluding carboxylic acids is 1. The smallest absolute Gasteiger partial charge is 0.336 e. The van der Waals surface area contributed by atoms with Crippen molar-refractivity contribution in [2.75, 3.05) is 6.61 Å². The minimum atomic E-state index is -1.38. The fourth-order valence-electron chi connectivity index (χ4n) is 3.47. The standard InChI is InChI=1S/C23H22O3/c1-2-26-22(25)21(24)23(18-12-6-3-7-13-18,19-14-8-4-9-15-19)20-16-10-5-11-17-20/h3-17,21,24H,2H2,1H3. The first-order chi connectivity index (χ1) is 12.7.